The van der Waals surface area contributed by atoms with Crippen LogP contribution in [0.25, 0.3) is 11.0 Å². The number of ether oxygens (including phenoxy) is 1. The van der Waals surface area contributed by atoms with Crippen LogP contribution in [0.1, 0.15) is 11.1 Å². The third-order valence-corrected chi connectivity index (χ3v) is 4.61. The highest BCUT2D eigenvalue weighted by Crippen LogP contribution is 2.40. The fourth-order valence-corrected chi connectivity index (χ4v) is 3.24. The van der Waals surface area contributed by atoms with Gasteiger partial charge in [-0.15, -0.1) is 0 Å². The van der Waals surface area contributed by atoms with Crippen LogP contribution in [0.3, 0.4) is 0 Å². The third kappa shape index (κ3) is 2.61. The van der Waals surface area contributed by atoms with Gasteiger partial charge in [-0.25, -0.2) is 4.99 Å². The van der Waals surface area contributed by atoms with Crippen LogP contribution in [0.15, 0.2) is 64.2 Å². The van der Waals surface area contributed by atoms with Crippen LogP contribution in [0.5, 0.6) is 5.75 Å². The fourth-order valence-electron chi connectivity index (χ4n) is 3.24. The van der Waals surface area contributed by atoms with E-state index in [1.165, 1.54) is 36.2 Å². The summed E-state index contributed by atoms with van der Waals surface area (Å²) in [5.41, 5.74) is 6.12. The van der Waals surface area contributed by atoms with Crippen LogP contribution in [0.4, 0.5) is 8.78 Å². The summed E-state index contributed by atoms with van der Waals surface area (Å²) in [6.07, 6.45) is 1.55. The van der Waals surface area contributed by atoms with Crippen LogP contribution >= 0.6 is 0 Å². The normalized spacial score (nSPS) is 19.8. The molecule has 0 saturated carbocycles. The van der Waals surface area contributed by atoms with E-state index >= 15 is 0 Å². The number of halogens is 2. The number of hydrogen-bond acceptors (Lipinski definition) is 5. The highest BCUT2D eigenvalue weighted by Gasteiger charge is 2.49. The van der Waals surface area contributed by atoms with Gasteiger partial charge in [0.05, 0.1) is 6.26 Å². The van der Waals surface area contributed by atoms with Gasteiger partial charge in [-0.05, 0) is 35.4 Å². The Hall–Kier alpha value is -3.42. The zero-order chi connectivity index (χ0) is 19.2. The predicted octanol–water partition coefficient (Wildman–Crippen LogP) is 3.06. The molecule has 3 aromatic rings. The number of benzene rings is 2. The van der Waals surface area contributed by atoms with Crippen molar-refractivity contribution in [1.29, 1.82) is 0 Å². The molecule has 1 atom stereocenters. The van der Waals surface area contributed by atoms with Crippen molar-refractivity contribution in [1.82, 2.24) is 4.90 Å². The Labute approximate surface area is 152 Å². The molecule has 138 valence electrons. The SMILES string of the molecule is CN1C(=O)C(c2ccc(OC(F)F)cc2)(c2ccc3ccoc3c2)N=C1N. The Balaban J connectivity index is 1.88. The lowest BCUT2D eigenvalue weighted by Crippen LogP contribution is -2.41. The number of amides is 1. The minimum absolute atomic E-state index is 0.0128. The fraction of sp³-hybridized carbons (Fsp3) is 0.158. The first-order valence-corrected chi connectivity index (χ1v) is 8.08. The Bertz CT molecular complexity index is 1050. The Kier molecular flexibility index (Phi) is 3.83. The van der Waals surface area contributed by atoms with Crippen molar-refractivity contribution in [3.63, 3.8) is 0 Å². The first-order chi connectivity index (χ1) is 12.9. The summed E-state index contributed by atoms with van der Waals surface area (Å²) >= 11 is 0. The van der Waals surface area contributed by atoms with E-state index in [2.05, 4.69) is 9.73 Å². The zero-order valence-electron chi connectivity index (χ0n) is 14.2. The second kappa shape index (κ2) is 6.08. The smallest absolute Gasteiger partial charge is 0.387 e. The monoisotopic (exact) mass is 371 g/mol. The van der Waals surface area contributed by atoms with E-state index in [0.717, 1.165) is 5.39 Å². The molecule has 0 saturated heterocycles. The maximum atomic E-state index is 13.1. The van der Waals surface area contributed by atoms with E-state index in [-0.39, 0.29) is 17.6 Å². The molecule has 1 amide bonds. The molecule has 27 heavy (non-hydrogen) atoms. The van der Waals surface area contributed by atoms with E-state index < -0.39 is 12.2 Å². The number of rotatable bonds is 4. The lowest BCUT2D eigenvalue weighted by atomic mass is 9.82. The van der Waals surface area contributed by atoms with E-state index in [9.17, 15) is 13.6 Å². The van der Waals surface area contributed by atoms with Gasteiger partial charge in [0.15, 0.2) is 11.5 Å². The number of aliphatic imine (C=N–C) groups is 1. The molecule has 0 bridgehead atoms. The molecule has 6 nitrogen and oxygen atoms in total. The maximum absolute atomic E-state index is 13.1. The van der Waals surface area contributed by atoms with Gasteiger partial charge in [-0.1, -0.05) is 24.3 Å². The van der Waals surface area contributed by atoms with Crippen LogP contribution in [-0.4, -0.2) is 30.4 Å². The molecule has 1 aliphatic rings. The lowest BCUT2D eigenvalue weighted by Gasteiger charge is -2.26. The van der Waals surface area contributed by atoms with Crippen molar-refractivity contribution in [2.45, 2.75) is 12.2 Å². The van der Waals surface area contributed by atoms with Crippen molar-refractivity contribution >= 4 is 22.8 Å². The van der Waals surface area contributed by atoms with E-state index in [4.69, 9.17) is 10.2 Å². The number of furan rings is 1. The van der Waals surface area contributed by atoms with Gasteiger partial charge in [0.2, 0.25) is 0 Å². The minimum atomic E-state index is -2.93. The maximum Gasteiger partial charge on any atom is 0.387 e. The highest BCUT2D eigenvalue weighted by molar-refractivity contribution is 6.09. The Morgan fingerprint density at radius 3 is 2.48 bits per heavy atom. The number of carbonyl (C=O) groups excluding carboxylic acids is 1. The third-order valence-electron chi connectivity index (χ3n) is 4.61. The molecule has 0 aliphatic carbocycles. The van der Waals surface area contributed by atoms with Gasteiger partial charge < -0.3 is 14.9 Å². The van der Waals surface area contributed by atoms with Gasteiger partial charge in [-0.3, -0.25) is 9.69 Å². The van der Waals surface area contributed by atoms with Crippen molar-refractivity contribution in [3.8, 4) is 5.75 Å². The number of nitrogens with two attached hydrogens (primary N) is 1. The number of nitrogens with zero attached hydrogens (tertiary/aromatic N) is 2. The number of fused-ring (bicyclic) bond motifs is 1. The first-order valence-electron chi connectivity index (χ1n) is 8.08. The second-order valence-electron chi connectivity index (χ2n) is 6.12. The highest BCUT2D eigenvalue weighted by atomic mass is 19.3. The molecule has 4 rings (SSSR count). The van der Waals surface area contributed by atoms with Crippen LogP contribution < -0.4 is 10.5 Å². The molecule has 8 heteroatoms. The van der Waals surface area contributed by atoms with Gasteiger partial charge in [0.1, 0.15) is 11.3 Å². The van der Waals surface area contributed by atoms with Crippen LogP contribution in [0, 0.1) is 0 Å². The van der Waals surface area contributed by atoms with Gasteiger partial charge in [-0.2, -0.15) is 8.78 Å². The van der Waals surface area contributed by atoms with Crippen molar-refractivity contribution in [3.05, 3.63) is 65.9 Å². The molecule has 0 fully saturated rings. The Morgan fingerprint density at radius 1 is 1.15 bits per heavy atom. The topological polar surface area (TPSA) is 81.1 Å². The van der Waals surface area contributed by atoms with Crippen molar-refractivity contribution < 1.29 is 22.7 Å². The summed E-state index contributed by atoms with van der Waals surface area (Å²) in [6, 6.07) is 12.9. The molecule has 2 heterocycles. The second-order valence-corrected chi connectivity index (χ2v) is 6.12. The summed E-state index contributed by atoms with van der Waals surface area (Å²) < 4.78 is 34.7. The summed E-state index contributed by atoms with van der Waals surface area (Å²) in [5, 5.41) is 0.880. The minimum Gasteiger partial charge on any atom is -0.464 e. The number of alkyl halides is 2. The number of likely N-dealkylation sites (N-methyl/N-ethyl adjacent to an activating group) is 1. The number of hydrogen-bond donors (Lipinski definition) is 1. The van der Waals surface area contributed by atoms with Gasteiger partial charge in [0.25, 0.3) is 5.91 Å². The molecular formula is C19H15F2N3O3. The molecule has 2 N–H and O–H groups in total. The van der Waals surface area contributed by atoms with Crippen LogP contribution in [-0.2, 0) is 10.3 Å². The van der Waals surface area contributed by atoms with Crippen molar-refractivity contribution in [2.24, 2.45) is 10.7 Å². The van der Waals surface area contributed by atoms with Gasteiger partial charge >= 0.3 is 6.61 Å². The lowest BCUT2D eigenvalue weighted by molar-refractivity contribution is -0.129. The van der Waals surface area contributed by atoms with E-state index in [1.54, 1.807) is 18.4 Å². The summed E-state index contributed by atoms with van der Waals surface area (Å²) in [7, 11) is 1.53. The average Bonchev–Trinajstić information content (AvgIpc) is 3.20. The zero-order valence-corrected chi connectivity index (χ0v) is 14.2. The number of guanidine groups is 1. The van der Waals surface area contributed by atoms with Crippen molar-refractivity contribution in [2.75, 3.05) is 7.05 Å². The molecule has 0 spiro atoms. The number of carbonyl (C=O) groups is 1. The summed E-state index contributed by atoms with van der Waals surface area (Å²) in [4.78, 5) is 18.8. The average molecular weight is 371 g/mol. The summed E-state index contributed by atoms with van der Waals surface area (Å²) in [5.74, 6) is -0.304. The molecule has 2 aromatic carbocycles. The van der Waals surface area contributed by atoms with Crippen LogP contribution in [0.2, 0.25) is 0 Å². The Morgan fingerprint density at radius 2 is 1.85 bits per heavy atom. The van der Waals surface area contributed by atoms with Gasteiger partial charge in [0, 0.05) is 12.4 Å². The predicted molar refractivity (Wildman–Crippen MR) is 94.5 cm³/mol. The molecule has 1 unspecified atom stereocenters. The van der Waals surface area contributed by atoms with E-state index in [0.29, 0.717) is 16.7 Å². The standard InChI is InChI=1S/C19H15F2N3O3/c1-24-16(25)19(23-18(24)22,12-4-6-14(7-5-12)27-17(20)21)13-3-2-11-8-9-26-15(11)10-13/h2-10,17H,1H3,(H2,22,23). The molecule has 1 aromatic heterocycles. The molecular weight excluding hydrogens is 356 g/mol. The first kappa shape index (κ1) is 17.0. The largest absolute Gasteiger partial charge is 0.464 e. The molecule has 0 radical (unpaired) electrons. The summed E-state index contributed by atoms with van der Waals surface area (Å²) in [6.45, 7) is -2.93. The quantitative estimate of drug-likeness (QED) is 0.764. The van der Waals surface area contributed by atoms with E-state index in [1.807, 2.05) is 12.1 Å². The molecule has 1 aliphatic heterocycles.